The molecular formula is C15H16N2O2. The van der Waals surface area contributed by atoms with Gasteiger partial charge in [-0.25, -0.2) is 4.79 Å². The maximum absolute atomic E-state index is 12.1. The fraction of sp³-hybridized carbons (Fsp3) is 0.200. The van der Waals surface area contributed by atoms with E-state index in [1.54, 1.807) is 13.0 Å². The van der Waals surface area contributed by atoms with Gasteiger partial charge in [0, 0.05) is 0 Å². The van der Waals surface area contributed by atoms with Gasteiger partial charge in [-0.3, -0.25) is 4.98 Å². The van der Waals surface area contributed by atoms with E-state index in [-0.39, 0.29) is 6.10 Å². The first-order valence-corrected chi connectivity index (χ1v) is 6.06. The molecule has 1 aromatic heterocycles. The normalized spacial score (nSPS) is 11.9. The van der Waals surface area contributed by atoms with Gasteiger partial charge in [0.05, 0.1) is 23.1 Å². The molecule has 0 aliphatic heterocycles. The predicted octanol–water partition coefficient (Wildman–Crippen LogP) is 2.89. The summed E-state index contributed by atoms with van der Waals surface area (Å²) in [5.41, 5.74) is 8.05. The Kier molecular flexibility index (Phi) is 3.80. The average Bonchev–Trinajstić information content (AvgIpc) is 2.42. The number of pyridine rings is 1. The summed E-state index contributed by atoms with van der Waals surface area (Å²) in [7, 11) is 0. The number of aryl methyl sites for hydroxylation is 1. The second-order valence-corrected chi connectivity index (χ2v) is 4.36. The Balaban J connectivity index is 2.15. The molecule has 0 amide bonds. The number of benzene rings is 1. The molecule has 0 spiro atoms. The van der Waals surface area contributed by atoms with E-state index in [1.807, 2.05) is 37.3 Å². The number of hydrogen-bond donors (Lipinski definition) is 1. The van der Waals surface area contributed by atoms with E-state index in [0.717, 1.165) is 5.56 Å². The maximum Gasteiger partial charge on any atom is 0.340 e. The average molecular weight is 256 g/mol. The maximum atomic E-state index is 12.1. The molecular weight excluding hydrogens is 240 g/mol. The Labute approximate surface area is 112 Å². The summed E-state index contributed by atoms with van der Waals surface area (Å²) in [6, 6.07) is 11.2. The highest BCUT2D eigenvalue weighted by Crippen LogP contribution is 2.19. The predicted molar refractivity (Wildman–Crippen MR) is 73.7 cm³/mol. The van der Waals surface area contributed by atoms with Crippen LogP contribution in [0.5, 0.6) is 0 Å². The molecule has 2 N–H and O–H groups in total. The molecule has 1 aromatic carbocycles. The van der Waals surface area contributed by atoms with Crippen LogP contribution in [0.15, 0.2) is 42.6 Å². The molecule has 1 unspecified atom stereocenters. The number of rotatable bonds is 3. The highest BCUT2D eigenvalue weighted by molar-refractivity contribution is 5.91. The van der Waals surface area contributed by atoms with Crippen molar-refractivity contribution in [1.29, 1.82) is 0 Å². The van der Waals surface area contributed by atoms with E-state index in [0.29, 0.717) is 16.9 Å². The van der Waals surface area contributed by atoms with Crippen LogP contribution in [0.2, 0.25) is 0 Å². The van der Waals surface area contributed by atoms with E-state index in [4.69, 9.17) is 10.5 Å². The van der Waals surface area contributed by atoms with Crippen LogP contribution >= 0.6 is 0 Å². The largest absolute Gasteiger partial charge is 0.454 e. The van der Waals surface area contributed by atoms with Crippen molar-refractivity contribution >= 4 is 11.7 Å². The summed E-state index contributed by atoms with van der Waals surface area (Å²) >= 11 is 0. The van der Waals surface area contributed by atoms with Crippen molar-refractivity contribution in [3.8, 4) is 0 Å². The standard InChI is InChI=1S/C15H16N2O2/c1-10-14(8-13(16)9-17-10)15(18)19-11(2)12-6-4-3-5-7-12/h3-9,11H,16H2,1-2H3. The van der Waals surface area contributed by atoms with Gasteiger partial charge >= 0.3 is 5.97 Å². The van der Waals surface area contributed by atoms with E-state index in [9.17, 15) is 4.79 Å². The summed E-state index contributed by atoms with van der Waals surface area (Å²) in [4.78, 5) is 16.1. The summed E-state index contributed by atoms with van der Waals surface area (Å²) < 4.78 is 5.42. The van der Waals surface area contributed by atoms with Crippen molar-refractivity contribution in [2.24, 2.45) is 0 Å². The minimum absolute atomic E-state index is 0.311. The van der Waals surface area contributed by atoms with E-state index < -0.39 is 5.97 Å². The fourth-order valence-corrected chi connectivity index (χ4v) is 1.77. The second kappa shape index (κ2) is 5.52. The van der Waals surface area contributed by atoms with Gasteiger partial charge in [-0.15, -0.1) is 0 Å². The number of carbonyl (C=O) groups is 1. The summed E-state index contributed by atoms with van der Waals surface area (Å²) in [6.07, 6.45) is 1.21. The third kappa shape index (κ3) is 3.10. The van der Waals surface area contributed by atoms with Crippen LogP contribution in [-0.4, -0.2) is 11.0 Å². The Bertz CT molecular complexity index is 582. The third-order valence-corrected chi connectivity index (χ3v) is 2.88. The summed E-state index contributed by atoms with van der Waals surface area (Å²) in [5, 5.41) is 0. The molecule has 0 radical (unpaired) electrons. The lowest BCUT2D eigenvalue weighted by Crippen LogP contribution is -2.11. The zero-order valence-corrected chi connectivity index (χ0v) is 11.0. The Morgan fingerprint density at radius 3 is 2.68 bits per heavy atom. The first-order chi connectivity index (χ1) is 9.08. The molecule has 2 rings (SSSR count). The number of aromatic nitrogens is 1. The van der Waals surface area contributed by atoms with Crippen LogP contribution in [0.25, 0.3) is 0 Å². The van der Waals surface area contributed by atoms with Gasteiger partial charge in [0.1, 0.15) is 6.10 Å². The van der Waals surface area contributed by atoms with Crippen LogP contribution in [0.3, 0.4) is 0 Å². The molecule has 0 aliphatic rings. The van der Waals surface area contributed by atoms with Crippen molar-refractivity contribution < 1.29 is 9.53 Å². The zero-order chi connectivity index (χ0) is 13.8. The Hall–Kier alpha value is -2.36. The lowest BCUT2D eigenvalue weighted by Gasteiger charge is -2.14. The molecule has 4 heteroatoms. The Morgan fingerprint density at radius 2 is 2.00 bits per heavy atom. The van der Waals surface area contributed by atoms with Gasteiger partial charge in [-0.2, -0.15) is 0 Å². The van der Waals surface area contributed by atoms with Crippen LogP contribution in [0.1, 0.15) is 34.6 Å². The zero-order valence-electron chi connectivity index (χ0n) is 11.0. The SMILES string of the molecule is Cc1ncc(N)cc1C(=O)OC(C)c1ccccc1. The number of anilines is 1. The van der Waals surface area contributed by atoms with E-state index >= 15 is 0 Å². The van der Waals surface area contributed by atoms with Crippen LogP contribution in [0.4, 0.5) is 5.69 Å². The van der Waals surface area contributed by atoms with Crippen LogP contribution in [0, 0.1) is 6.92 Å². The number of carbonyl (C=O) groups excluding carboxylic acids is 1. The number of nitrogens with zero attached hydrogens (tertiary/aromatic N) is 1. The molecule has 98 valence electrons. The van der Waals surface area contributed by atoms with Gasteiger partial charge in [-0.1, -0.05) is 30.3 Å². The molecule has 4 nitrogen and oxygen atoms in total. The first kappa shape index (κ1) is 13.1. The number of nitrogen functional groups attached to an aromatic ring is 1. The summed E-state index contributed by atoms with van der Waals surface area (Å²) in [6.45, 7) is 3.59. The molecule has 1 atom stereocenters. The van der Waals surface area contributed by atoms with Crippen molar-refractivity contribution in [1.82, 2.24) is 4.98 Å². The van der Waals surface area contributed by atoms with Crippen molar-refractivity contribution in [3.63, 3.8) is 0 Å². The number of hydrogen-bond acceptors (Lipinski definition) is 4. The quantitative estimate of drug-likeness (QED) is 0.857. The molecule has 19 heavy (non-hydrogen) atoms. The molecule has 0 saturated carbocycles. The lowest BCUT2D eigenvalue weighted by molar-refractivity contribution is 0.0336. The molecule has 0 saturated heterocycles. The first-order valence-electron chi connectivity index (χ1n) is 6.06. The second-order valence-electron chi connectivity index (χ2n) is 4.36. The number of nitrogens with two attached hydrogens (primary N) is 1. The van der Waals surface area contributed by atoms with E-state index in [1.165, 1.54) is 6.20 Å². The van der Waals surface area contributed by atoms with E-state index in [2.05, 4.69) is 4.98 Å². The monoisotopic (exact) mass is 256 g/mol. The molecule has 0 bridgehead atoms. The number of esters is 1. The Morgan fingerprint density at radius 1 is 1.32 bits per heavy atom. The summed E-state index contributed by atoms with van der Waals surface area (Å²) in [5.74, 6) is -0.409. The number of ether oxygens (including phenoxy) is 1. The lowest BCUT2D eigenvalue weighted by atomic mass is 10.1. The van der Waals surface area contributed by atoms with Crippen molar-refractivity contribution in [2.75, 3.05) is 5.73 Å². The fourth-order valence-electron chi connectivity index (χ4n) is 1.77. The highest BCUT2D eigenvalue weighted by atomic mass is 16.5. The minimum atomic E-state index is -0.409. The third-order valence-electron chi connectivity index (χ3n) is 2.88. The van der Waals surface area contributed by atoms with Gasteiger partial charge in [0.25, 0.3) is 0 Å². The molecule has 2 aromatic rings. The van der Waals surface area contributed by atoms with Gasteiger partial charge in [0.2, 0.25) is 0 Å². The van der Waals surface area contributed by atoms with Gasteiger partial charge in [-0.05, 0) is 25.5 Å². The van der Waals surface area contributed by atoms with Crippen LogP contribution < -0.4 is 5.73 Å². The molecule has 1 heterocycles. The van der Waals surface area contributed by atoms with Gasteiger partial charge < -0.3 is 10.5 Å². The minimum Gasteiger partial charge on any atom is -0.454 e. The van der Waals surface area contributed by atoms with Crippen molar-refractivity contribution in [3.05, 3.63) is 59.4 Å². The highest BCUT2D eigenvalue weighted by Gasteiger charge is 2.16. The van der Waals surface area contributed by atoms with Crippen LogP contribution in [-0.2, 0) is 4.74 Å². The smallest absolute Gasteiger partial charge is 0.340 e. The molecule has 0 aliphatic carbocycles. The molecule has 0 fully saturated rings. The topological polar surface area (TPSA) is 65.2 Å². The van der Waals surface area contributed by atoms with Gasteiger partial charge in [0.15, 0.2) is 0 Å². The van der Waals surface area contributed by atoms with Crippen molar-refractivity contribution in [2.45, 2.75) is 20.0 Å².